The molecule has 1 amide bonds. The number of allylic oxidation sites excluding steroid dienone is 1. The minimum absolute atomic E-state index is 0.0662. The van der Waals surface area contributed by atoms with Crippen LogP contribution in [0.2, 0.25) is 0 Å². The predicted octanol–water partition coefficient (Wildman–Crippen LogP) is -0.272. The maximum Gasteiger partial charge on any atom is 0.320 e. The first-order chi connectivity index (χ1) is 10.8. The van der Waals surface area contributed by atoms with Crippen LogP contribution in [-0.4, -0.2) is 69.0 Å². The summed E-state index contributed by atoms with van der Waals surface area (Å²) in [5, 5.41) is 32.5. The lowest BCUT2D eigenvalue weighted by molar-refractivity contribution is -0.147. The SMILES string of the molecule is C/C=C\[C@@H]1C[C@H](C(=O)O)N2CC[C@](O)(CCO)[C@H](NC(C)=O)[C@@H]12. The van der Waals surface area contributed by atoms with Crippen molar-refractivity contribution < 1.29 is 24.9 Å². The molecule has 2 rings (SSSR count). The summed E-state index contributed by atoms with van der Waals surface area (Å²) in [4.78, 5) is 25.1. The Hall–Kier alpha value is -1.44. The molecule has 4 N–H and O–H groups in total. The maximum absolute atomic E-state index is 11.6. The van der Waals surface area contributed by atoms with Crippen LogP contribution in [0.1, 0.15) is 33.1 Å². The van der Waals surface area contributed by atoms with Crippen molar-refractivity contribution in [2.45, 2.75) is 56.8 Å². The van der Waals surface area contributed by atoms with E-state index >= 15 is 0 Å². The summed E-state index contributed by atoms with van der Waals surface area (Å²) in [5.74, 6) is -1.22. The average Bonchev–Trinajstić information content (AvgIpc) is 2.82. The number of carboxylic acids is 1. The Morgan fingerprint density at radius 2 is 2.13 bits per heavy atom. The molecule has 0 aromatic rings. The second-order valence-corrected chi connectivity index (χ2v) is 6.51. The van der Waals surface area contributed by atoms with Crippen LogP contribution in [0.15, 0.2) is 12.2 Å². The molecule has 23 heavy (non-hydrogen) atoms. The van der Waals surface area contributed by atoms with E-state index in [-0.39, 0.29) is 30.9 Å². The van der Waals surface area contributed by atoms with Crippen molar-refractivity contribution in [1.29, 1.82) is 0 Å². The van der Waals surface area contributed by atoms with Gasteiger partial charge in [0.25, 0.3) is 0 Å². The van der Waals surface area contributed by atoms with E-state index in [0.717, 1.165) is 0 Å². The first-order valence-corrected chi connectivity index (χ1v) is 8.05. The molecule has 2 saturated heterocycles. The van der Waals surface area contributed by atoms with Crippen LogP contribution in [0, 0.1) is 5.92 Å². The Kier molecular flexibility index (Phi) is 5.44. The molecule has 0 bridgehead atoms. The third-order valence-corrected chi connectivity index (χ3v) is 5.07. The molecular formula is C16H26N2O5. The van der Waals surface area contributed by atoms with Gasteiger partial charge < -0.3 is 20.6 Å². The van der Waals surface area contributed by atoms with Crippen LogP contribution in [0.4, 0.5) is 0 Å². The van der Waals surface area contributed by atoms with E-state index in [4.69, 9.17) is 0 Å². The van der Waals surface area contributed by atoms with Crippen molar-refractivity contribution >= 4 is 11.9 Å². The van der Waals surface area contributed by atoms with E-state index < -0.39 is 23.7 Å². The molecular weight excluding hydrogens is 300 g/mol. The summed E-state index contributed by atoms with van der Waals surface area (Å²) < 4.78 is 0. The highest BCUT2D eigenvalue weighted by atomic mass is 16.4. The summed E-state index contributed by atoms with van der Waals surface area (Å²) in [6.45, 7) is 3.50. The number of carbonyl (C=O) groups is 2. The van der Waals surface area contributed by atoms with Crippen LogP contribution in [0.3, 0.4) is 0 Å². The van der Waals surface area contributed by atoms with Gasteiger partial charge in [-0.15, -0.1) is 0 Å². The number of aliphatic hydroxyl groups is 2. The van der Waals surface area contributed by atoms with Gasteiger partial charge in [-0.25, -0.2) is 0 Å². The molecule has 0 aromatic heterocycles. The lowest BCUT2D eigenvalue weighted by atomic mass is 9.76. The third-order valence-electron chi connectivity index (χ3n) is 5.07. The highest BCUT2D eigenvalue weighted by Crippen LogP contribution is 2.42. The summed E-state index contributed by atoms with van der Waals surface area (Å²) in [6.07, 6.45) is 4.75. The van der Waals surface area contributed by atoms with Crippen molar-refractivity contribution in [2.75, 3.05) is 13.2 Å². The van der Waals surface area contributed by atoms with Crippen LogP contribution < -0.4 is 5.32 Å². The Morgan fingerprint density at radius 3 is 2.65 bits per heavy atom. The van der Waals surface area contributed by atoms with Gasteiger partial charge in [0.2, 0.25) is 5.91 Å². The highest BCUT2D eigenvalue weighted by molar-refractivity contribution is 5.75. The van der Waals surface area contributed by atoms with Gasteiger partial charge in [-0.3, -0.25) is 14.5 Å². The molecule has 2 fully saturated rings. The molecule has 0 aliphatic carbocycles. The van der Waals surface area contributed by atoms with E-state index in [1.54, 1.807) is 0 Å². The second-order valence-electron chi connectivity index (χ2n) is 6.51. The van der Waals surface area contributed by atoms with Crippen molar-refractivity contribution in [2.24, 2.45) is 5.92 Å². The molecule has 0 unspecified atom stereocenters. The fraction of sp³-hybridized carbons (Fsp3) is 0.750. The molecule has 7 heteroatoms. The van der Waals surface area contributed by atoms with Crippen molar-refractivity contribution in [1.82, 2.24) is 10.2 Å². The van der Waals surface area contributed by atoms with E-state index in [1.165, 1.54) is 6.92 Å². The number of nitrogens with zero attached hydrogens (tertiary/aromatic N) is 1. The van der Waals surface area contributed by atoms with Crippen molar-refractivity contribution in [3.05, 3.63) is 12.2 Å². The smallest absolute Gasteiger partial charge is 0.320 e. The second kappa shape index (κ2) is 6.98. The predicted molar refractivity (Wildman–Crippen MR) is 83.7 cm³/mol. The zero-order valence-corrected chi connectivity index (χ0v) is 13.6. The minimum atomic E-state index is -1.23. The lowest BCUT2D eigenvalue weighted by Crippen LogP contribution is -2.68. The Bertz CT molecular complexity index is 495. The number of carbonyl (C=O) groups excluding carboxylic acids is 1. The zero-order chi connectivity index (χ0) is 17.2. The number of fused-ring (bicyclic) bond motifs is 1. The Balaban J connectivity index is 2.39. The molecule has 0 spiro atoms. The minimum Gasteiger partial charge on any atom is -0.480 e. The first kappa shape index (κ1) is 17.9. The molecule has 5 atom stereocenters. The zero-order valence-electron chi connectivity index (χ0n) is 13.6. The maximum atomic E-state index is 11.6. The van der Waals surface area contributed by atoms with E-state index in [1.807, 2.05) is 24.0 Å². The van der Waals surface area contributed by atoms with Gasteiger partial charge in [-0.05, 0) is 25.7 Å². The third kappa shape index (κ3) is 3.41. The van der Waals surface area contributed by atoms with E-state index in [9.17, 15) is 24.9 Å². The van der Waals surface area contributed by atoms with Crippen LogP contribution in [0.25, 0.3) is 0 Å². The topological polar surface area (TPSA) is 110 Å². The molecule has 7 nitrogen and oxygen atoms in total. The summed E-state index contributed by atoms with van der Waals surface area (Å²) >= 11 is 0. The first-order valence-electron chi connectivity index (χ1n) is 8.05. The Morgan fingerprint density at radius 1 is 1.43 bits per heavy atom. The fourth-order valence-electron chi connectivity index (χ4n) is 4.12. The number of piperidine rings is 1. The quantitative estimate of drug-likeness (QED) is 0.518. The molecule has 130 valence electrons. The van der Waals surface area contributed by atoms with Gasteiger partial charge in [0.15, 0.2) is 0 Å². The van der Waals surface area contributed by atoms with Crippen molar-refractivity contribution in [3.63, 3.8) is 0 Å². The van der Waals surface area contributed by atoms with Gasteiger partial charge in [-0.2, -0.15) is 0 Å². The van der Waals surface area contributed by atoms with Gasteiger partial charge in [0, 0.05) is 32.5 Å². The molecule has 0 aromatic carbocycles. The number of nitrogens with one attached hydrogen (secondary N) is 1. The highest BCUT2D eigenvalue weighted by Gasteiger charge is 2.56. The Labute approximate surface area is 136 Å². The number of hydrogen-bond acceptors (Lipinski definition) is 5. The molecule has 2 aliphatic rings. The molecule has 0 radical (unpaired) electrons. The summed E-state index contributed by atoms with van der Waals surface area (Å²) in [6, 6.07) is -1.51. The number of rotatable bonds is 5. The summed E-state index contributed by atoms with van der Waals surface area (Å²) in [7, 11) is 0. The monoisotopic (exact) mass is 326 g/mol. The van der Waals surface area contributed by atoms with Gasteiger partial charge in [0.1, 0.15) is 6.04 Å². The summed E-state index contributed by atoms with van der Waals surface area (Å²) in [5.41, 5.74) is -1.23. The molecule has 2 aliphatic heterocycles. The standard InChI is InChI=1S/C16H26N2O5/c1-3-4-11-9-12(15(21)22)18-7-5-16(23,6-8-19)14(13(11)18)17-10(2)20/h3-4,11-14,19,23H,5-9H2,1-2H3,(H,17,20)(H,21,22)/b4-3-/t11-,12-,13-,14-,16+/m1/s1. The van der Waals surface area contributed by atoms with Crippen LogP contribution in [-0.2, 0) is 9.59 Å². The van der Waals surface area contributed by atoms with Crippen LogP contribution >= 0.6 is 0 Å². The average molecular weight is 326 g/mol. The number of aliphatic hydroxyl groups excluding tert-OH is 1. The number of hydrogen-bond donors (Lipinski definition) is 4. The molecule has 2 heterocycles. The van der Waals surface area contributed by atoms with Gasteiger partial charge in [0.05, 0.1) is 11.6 Å². The number of amides is 1. The fourth-order valence-corrected chi connectivity index (χ4v) is 4.12. The number of carboxylic acid groups (broad SMARTS) is 1. The largest absolute Gasteiger partial charge is 0.480 e. The van der Waals surface area contributed by atoms with E-state index in [2.05, 4.69) is 5.32 Å². The lowest BCUT2D eigenvalue weighted by Gasteiger charge is -2.49. The van der Waals surface area contributed by atoms with Crippen LogP contribution in [0.5, 0.6) is 0 Å². The van der Waals surface area contributed by atoms with Gasteiger partial charge in [-0.1, -0.05) is 12.2 Å². The molecule has 0 saturated carbocycles. The van der Waals surface area contributed by atoms with Gasteiger partial charge >= 0.3 is 5.97 Å². The van der Waals surface area contributed by atoms with Crippen molar-refractivity contribution in [3.8, 4) is 0 Å². The normalized spacial score (nSPS) is 37.7. The number of aliphatic carboxylic acids is 1. The van der Waals surface area contributed by atoms with E-state index in [0.29, 0.717) is 19.4 Å².